The van der Waals surface area contributed by atoms with Gasteiger partial charge in [0.05, 0.1) is 10.6 Å². The number of para-hydroxylation sites is 1. The Kier molecular flexibility index (Phi) is 4.23. The van der Waals surface area contributed by atoms with Crippen molar-refractivity contribution in [2.24, 2.45) is 0 Å². The van der Waals surface area contributed by atoms with Crippen LogP contribution in [-0.4, -0.2) is 16.0 Å². The Morgan fingerprint density at radius 2 is 2.00 bits per heavy atom. The number of hydrogen-bond acceptors (Lipinski definition) is 4. The number of carbonyl (C=O) groups is 1. The number of nitrogens with one attached hydrogen (secondary N) is 1. The number of nitrogens with zero attached hydrogens (tertiary/aromatic N) is 1. The van der Waals surface area contributed by atoms with E-state index in [2.05, 4.69) is 21.2 Å². The zero-order chi connectivity index (χ0) is 15.6. The summed E-state index contributed by atoms with van der Waals surface area (Å²) in [5, 5.41) is 23.1. The lowest BCUT2D eigenvalue weighted by molar-refractivity contribution is -0.384. The highest BCUT2D eigenvalue weighted by atomic mass is 79.9. The Morgan fingerprint density at radius 1 is 1.29 bits per heavy atom. The van der Waals surface area contributed by atoms with Crippen LogP contribution in [0.15, 0.2) is 40.9 Å². The Labute approximate surface area is 128 Å². The molecule has 0 spiro atoms. The fourth-order valence-corrected chi connectivity index (χ4v) is 2.47. The van der Waals surface area contributed by atoms with Crippen LogP contribution in [0.5, 0.6) is 0 Å². The van der Waals surface area contributed by atoms with Gasteiger partial charge in [0.1, 0.15) is 11.3 Å². The van der Waals surface area contributed by atoms with Gasteiger partial charge in [-0.2, -0.15) is 0 Å². The summed E-state index contributed by atoms with van der Waals surface area (Å²) in [6, 6.07) is 9.60. The van der Waals surface area contributed by atoms with E-state index in [-0.39, 0.29) is 11.3 Å². The normalized spacial score (nSPS) is 10.2. The minimum absolute atomic E-state index is 0.129. The monoisotopic (exact) mass is 350 g/mol. The average Bonchev–Trinajstić information content (AvgIpc) is 2.41. The predicted octanol–water partition coefficient (Wildman–Crippen LogP) is 4.11. The summed E-state index contributed by atoms with van der Waals surface area (Å²) in [6.45, 7) is 1.92. The van der Waals surface area contributed by atoms with Crippen LogP contribution >= 0.6 is 15.9 Å². The highest BCUT2D eigenvalue weighted by Gasteiger charge is 2.24. The van der Waals surface area contributed by atoms with Gasteiger partial charge in [-0.3, -0.25) is 10.1 Å². The van der Waals surface area contributed by atoms with Crippen molar-refractivity contribution in [3.05, 3.63) is 62.1 Å². The number of carboxylic acids is 1. The van der Waals surface area contributed by atoms with Crippen LogP contribution in [0.2, 0.25) is 0 Å². The van der Waals surface area contributed by atoms with Crippen LogP contribution in [0.25, 0.3) is 0 Å². The number of aryl methyl sites for hydroxylation is 1. The number of nitro groups is 1. The van der Waals surface area contributed by atoms with Crippen molar-refractivity contribution >= 4 is 39.0 Å². The second-order valence-corrected chi connectivity index (χ2v) is 5.23. The first kappa shape index (κ1) is 15.0. The number of rotatable bonds is 4. The van der Waals surface area contributed by atoms with E-state index >= 15 is 0 Å². The molecule has 0 aliphatic carbocycles. The van der Waals surface area contributed by atoms with Gasteiger partial charge in [-0.25, -0.2) is 4.79 Å². The lowest BCUT2D eigenvalue weighted by atomic mass is 10.1. The topological polar surface area (TPSA) is 92.5 Å². The van der Waals surface area contributed by atoms with E-state index in [0.717, 1.165) is 10.0 Å². The van der Waals surface area contributed by atoms with Gasteiger partial charge in [-0.05, 0) is 52.7 Å². The van der Waals surface area contributed by atoms with E-state index < -0.39 is 16.6 Å². The molecule has 21 heavy (non-hydrogen) atoms. The number of aromatic carboxylic acids is 1. The van der Waals surface area contributed by atoms with Crippen molar-refractivity contribution in [2.45, 2.75) is 6.92 Å². The first-order valence-corrected chi connectivity index (χ1v) is 6.73. The molecule has 0 aliphatic rings. The minimum atomic E-state index is -1.34. The molecule has 2 aromatic rings. The van der Waals surface area contributed by atoms with E-state index in [1.807, 2.05) is 19.1 Å². The third kappa shape index (κ3) is 3.19. The maximum Gasteiger partial charge on any atom is 0.342 e. The molecule has 0 heterocycles. The molecule has 0 aliphatic heterocycles. The maximum atomic E-state index is 11.2. The second kappa shape index (κ2) is 5.92. The fraction of sp³-hybridized carbons (Fsp3) is 0.0714. The molecule has 2 N–H and O–H groups in total. The highest BCUT2D eigenvalue weighted by Crippen LogP contribution is 2.34. The largest absolute Gasteiger partial charge is 0.477 e. The molecule has 0 atom stereocenters. The van der Waals surface area contributed by atoms with Gasteiger partial charge < -0.3 is 10.4 Å². The van der Waals surface area contributed by atoms with Crippen molar-refractivity contribution in [1.29, 1.82) is 0 Å². The van der Waals surface area contributed by atoms with E-state index in [1.165, 1.54) is 18.2 Å². The van der Waals surface area contributed by atoms with Gasteiger partial charge >= 0.3 is 11.7 Å². The number of carboxylic acid groups (broad SMARTS) is 1. The lowest BCUT2D eigenvalue weighted by Gasteiger charge is -2.10. The van der Waals surface area contributed by atoms with Crippen LogP contribution in [0.1, 0.15) is 15.9 Å². The summed E-state index contributed by atoms with van der Waals surface area (Å²) < 4.78 is 0.734. The molecular formula is C14H11BrN2O4. The minimum Gasteiger partial charge on any atom is -0.477 e. The number of nitro benzene ring substituents is 1. The fourth-order valence-electron chi connectivity index (χ4n) is 1.88. The molecule has 0 bridgehead atoms. The quantitative estimate of drug-likeness (QED) is 0.639. The van der Waals surface area contributed by atoms with Gasteiger partial charge in [0.2, 0.25) is 0 Å². The summed E-state index contributed by atoms with van der Waals surface area (Å²) in [6.07, 6.45) is 0. The molecule has 7 heteroatoms. The molecule has 0 unspecified atom stereocenters. The SMILES string of the molecule is Cc1ccc(Nc2cccc(C(=O)O)c2[N+](=O)[O-])c(Br)c1. The first-order valence-electron chi connectivity index (χ1n) is 5.94. The molecule has 0 fully saturated rings. The smallest absolute Gasteiger partial charge is 0.342 e. The predicted molar refractivity (Wildman–Crippen MR) is 82.2 cm³/mol. The molecule has 0 radical (unpaired) electrons. The number of halogens is 1. The second-order valence-electron chi connectivity index (χ2n) is 4.37. The molecule has 6 nitrogen and oxygen atoms in total. The van der Waals surface area contributed by atoms with Gasteiger partial charge in [0.25, 0.3) is 0 Å². The number of anilines is 2. The first-order chi connectivity index (χ1) is 9.90. The van der Waals surface area contributed by atoms with Crippen LogP contribution in [-0.2, 0) is 0 Å². The van der Waals surface area contributed by atoms with Gasteiger partial charge in [-0.15, -0.1) is 0 Å². The van der Waals surface area contributed by atoms with Crippen LogP contribution in [0.3, 0.4) is 0 Å². The lowest BCUT2D eigenvalue weighted by Crippen LogP contribution is -2.05. The molecule has 0 saturated carbocycles. The molecule has 0 aromatic heterocycles. The van der Waals surface area contributed by atoms with Crippen LogP contribution < -0.4 is 5.32 Å². The van der Waals surface area contributed by atoms with Crippen molar-refractivity contribution in [3.63, 3.8) is 0 Å². The summed E-state index contributed by atoms with van der Waals surface area (Å²) in [5.74, 6) is -1.34. The molecular weight excluding hydrogens is 340 g/mol. The van der Waals surface area contributed by atoms with E-state index in [1.54, 1.807) is 6.07 Å². The summed E-state index contributed by atoms with van der Waals surface area (Å²) in [5.41, 5.74) is 0.961. The van der Waals surface area contributed by atoms with Gasteiger partial charge in [0.15, 0.2) is 0 Å². The maximum absolute atomic E-state index is 11.2. The van der Waals surface area contributed by atoms with E-state index in [0.29, 0.717) is 5.69 Å². The Morgan fingerprint density at radius 3 is 2.57 bits per heavy atom. The van der Waals surface area contributed by atoms with Crippen molar-refractivity contribution in [2.75, 3.05) is 5.32 Å². The standard InChI is InChI=1S/C14H11BrN2O4/c1-8-5-6-11(10(15)7-8)16-12-4-2-3-9(14(18)19)13(12)17(20)21/h2-7,16H,1H3,(H,18,19). The van der Waals surface area contributed by atoms with E-state index in [9.17, 15) is 14.9 Å². The molecule has 2 aromatic carbocycles. The average molecular weight is 351 g/mol. The summed E-state index contributed by atoms with van der Waals surface area (Å²) in [7, 11) is 0. The van der Waals surface area contributed by atoms with Crippen molar-refractivity contribution < 1.29 is 14.8 Å². The number of benzene rings is 2. The zero-order valence-electron chi connectivity index (χ0n) is 11.0. The Bertz CT molecular complexity index is 731. The Hall–Kier alpha value is -2.41. The molecule has 108 valence electrons. The highest BCUT2D eigenvalue weighted by molar-refractivity contribution is 9.10. The van der Waals surface area contributed by atoms with Crippen LogP contribution in [0.4, 0.5) is 17.1 Å². The van der Waals surface area contributed by atoms with Crippen molar-refractivity contribution in [1.82, 2.24) is 0 Å². The molecule has 0 saturated heterocycles. The van der Waals surface area contributed by atoms with Gasteiger partial charge in [0, 0.05) is 4.47 Å². The van der Waals surface area contributed by atoms with Crippen LogP contribution in [0, 0.1) is 17.0 Å². The Balaban J connectivity index is 2.51. The van der Waals surface area contributed by atoms with E-state index in [4.69, 9.17) is 5.11 Å². The molecule has 2 rings (SSSR count). The molecule has 0 amide bonds. The summed E-state index contributed by atoms with van der Waals surface area (Å²) in [4.78, 5) is 21.6. The zero-order valence-corrected chi connectivity index (χ0v) is 12.5. The third-order valence-corrected chi connectivity index (χ3v) is 3.50. The summed E-state index contributed by atoms with van der Waals surface area (Å²) >= 11 is 3.36. The third-order valence-electron chi connectivity index (χ3n) is 2.84. The van der Waals surface area contributed by atoms with Gasteiger partial charge in [-0.1, -0.05) is 12.1 Å². The number of hydrogen-bond donors (Lipinski definition) is 2. The van der Waals surface area contributed by atoms with Crippen molar-refractivity contribution in [3.8, 4) is 0 Å².